The maximum atomic E-state index is 13.0. The SMILES string of the molecule is CC(C)(C)C(=O)N1CCC(C(=O)Nc2ccc3c(c2)OC(F)(F)O3)CC1. The summed E-state index contributed by atoms with van der Waals surface area (Å²) in [7, 11) is 0. The molecule has 26 heavy (non-hydrogen) atoms. The smallest absolute Gasteiger partial charge is 0.395 e. The number of piperidine rings is 1. The molecule has 2 aliphatic heterocycles. The summed E-state index contributed by atoms with van der Waals surface area (Å²) in [5, 5.41) is 2.72. The zero-order chi connectivity index (χ0) is 19.1. The fraction of sp³-hybridized carbons (Fsp3) is 0.556. The van der Waals surface area contributed by atoms with Crippen LogP contribution in [-0.2, 0) is 9.59 Å². The van der Waals surface area contributed by atoms with Crippen LogP contribution in [0.1, 0.15) is 33.6 Å². The predicted molar refractivity (Wildman–Crippen MR) is 90.0 cm³/mol. The molecule has 0 saturated carbocycles. The van der Waals surface area contributed by atoms with Crippen LogP contribution in [-0.4, -0.2) is 36.1 Å². The van der Waals surface area contributed by atoms with E-state index < -0.39 is 11.7 Å². The number of nitrogens with zero attached hydrogens (tertiary/aromatic N) is 1. The van der Waals surface area contributed by atoms with Crippen molar-refractivity contribution in [3.63, 3.8) is 0 Å². The van der Waals surface area contributed by atoms with Gasteiger partial charge >= 0.3 is 6.29 Å². The molecule has 2 heterocycles. The van der Waals surface area contributed by atoms with Crippen LogP contribution in [0.15, 0.2) is 18.2 Å². The first kappa shape index (κ1) is 18.4. The molecule has 0 spiro atoms. The van der Waals surface area contributed by atoms with Crippen LogP contribution in [0.2, 0.25) is 0 Å². The minimum Gasteiger partial charge on any atom is -0.395 e. The van der Waals surface area contributed by atoms with Gasteiger partial charge in [0.05, 0.1) is 0 Å². The van der Waals surface area contributed by atoms with E-state index in [1.165, 1.54) is 18.2 Å². The summed E-state index contributed by atoms with van der Waals surface area (Å²) in [5.74, 6) is -0.530. The van der Waals surface area contributed by atoms with E-state index >= 15 is 0 Å². The van der Waals surface area contributed by atoms with Crippen LogP contribution in [0.3, 0.4) is 0 Å². The number of ether oxygens (including phenoxy) is 2. The Labute approximate surface area is 150 Å². The number of amides is 2. The van der Waals surface area contributed by atoms with Crippen LogP contribution < -0.4 is 14.8 Å². The Morgan fingerprint density at radius 3 is 2.38 bits per heavy atom. The Morgan fingerprint density at radius 2 is 1.77 bits per heavy atom. The molecule has 1 aromatic carbocycles. The Bertz CT molecular complexity index is 722. The average molecular weight is 368 g/mol. The van der Waals surface area contributed by atoms with Crippen molar-refractivity contribution in [2.75, 3.05) is 18.4 Å². The van der Waals surface area contributed by atoms with Crippen LogP contribution in [0.25, 0.3) is 0 Å². The standard InChI is InChI=1S/C18H22F2N2O4/c1-17(2,3)16(24)22-8-6-11(7-9-22)15(23)21-12-4-5-13-14(10-12)26-18(19,20)25-13/h4-5,10-11H,6-9H2,1-3H3,(H,21,23). The highest BCUT2D eigenvalue weighted by atomic mass is 19.3. The normalized spacial score (nSPS) is 19.3. The zero-order valence-electron chi connectivity index (χ0n) is 15.0. The lowest BCUT2D eigenvalue weighted by molar-refractivity contribution is -0.286. The van der Waals surface area contributed by atoms with E-state index in [2.05, 4.69) is 14.8 Å². The maximum Gasteiger partial charge on any atom is 0.586 e. The third-order valence-electron chi connectivity index (χ3n) is 4.46. The van der Waals surface area contributed by atoms with E-state index in [9.17, 15) is 18.4 Å². The van der Waals surface area contributed by atoms with Crippen LogP contribution in [0.4, 0.5) is 14.5 Å². The molecule has 1 N–H and O–H groups in total. The van der Waals surface area contributed by atoms with Gasteiger partial charge in [-0.25, -0.2) is 0 Å². The number of carbonyl (C=O) groups is 2. The first-order chi connectivity index (χ1) is 12.0. The largest absolute Gasteiger partial charge is 0.586 e. The molecule has 2 aliphatic rings. The summed E-state index contributed by atoms with van der Waals surface area (Å²) in [6.45, 7) is 6.68. The quantitative estimate of drug-likeness (QED) is 0.870. The highest BCUT2D eigenvalue weighted by molar-refractivity contribution is 5.93. The van der Waals surface area contributed by atoms with Gasteiger partial charge in [0.15, 0.2) is 11.5 Å². The monoisotopic (exact) mass is 368 g/mol. The second-order valence-electron chi connectivity index (χ2n) is 7.63. The average Bonchev–Trinajstić information content (AvgIpc) is 2.86. The highest BCUT2D eigenvalue weighted by Crippen LogP contribution is 2.42. The molecule has 0 aliphatic carbocycles. The van der Waals surface area contributed by atoms with Crippen molar-refractivity contribution in [3.8, 4) is 11.5 Å². The van der Waals surface area contributed by atoms with Gasteiger partial charge in [-0.15, -0.1) is 8.78 Å². The molecule has 142 valence electrons. The number of fused-ring (bicyclic) bond motifs is 1. The molecule has 1 aromatic rings. The number of carbonyl (C=O) groups excluding carboxylic acids is 2. The number of hydrogen-bond donors (Lipinski definition) is 1. The fourth-order valence-corrected chi connectivity index (χ4v) is 3.09. The molecule has 2 amide bonds. The summed E-state index contributed by atoms with van der Waals surface area (Å²) < 4.78 is 34.8. The number of hydrogen-bond acceptors (Lipinski definition) is 4. The van der Waals surface area contributed by atoms with Crippen LogP contribution in [0, 0.1) is 11.3 Å². The van der Waals surface area contributed by atoms with Gasteiger partial charge in [0.1, 0.15) is 0 Å². The third kappa shape index (κ3) is 3.89. The van der Waals surface area contributed by atoms with Gasteiger partial charge in [-0.3, -0.25) is 9.59 Å². The predicted octanol–water partition coefficient (Wildman–Crippen LogP) is 3.23. The molecule has 3 rings (SSSR count). The van der Waals surface area contributed by atoms with E-state index in [0.29, 0.717) is 31.6 Å². The summed E-state index contributed by atoms with van der Waals surface area (Å²) >= 11 is 0. The van der Waals surface area contributed by atoms with Crippen molar-refractivity contribution in [1.82, 2.24) is 4.90 Å². The lowest BCUT2D eigenvalue weighted by Gasteiger charge is -2.35. The Balaban J connectivity index is 1.57. The van der Waals surface area contributed by atoms with Gasteiger partial charge in [-0.1, -0.05) is 20.8 Å². The lowest BCUT2D eigenvalue weighted by atomic mass is 9.90. The summed E-state index contributed by atoms with van der Waals surface area (Å²) in [6, 6.07) is 4.13. The Morgan fingerprint density at radius 1 is 1.15 bits per heavy atom. The fourth-order valence-electron chi connectivity index (χ4n) is 3.09. The third-order valence-corrected chi connectivity index (χ3v) is 4.46. The first-order valence-corrected chi connectivity index (χ1v) is 8.55. The molecule has 6 nitrogen and oxygen atoms in total. The van der Waals surface area contributed by atoms with Crippen molar-refractivity contribution >= 4 is 17.5 Å². The minimum atomic E-state index is -3.68. The van der Waals surface area contributed by atoms with Crippen LogP contribution >= 0.6 is 0 Å². The molecule has 8 heteroatoms. The zero-order valence-corrected chi connectivity index (χ0v) is 15.0. The topological polar surface area (TPSA) is 67.9 Å². The van der Waals surface area contributed by atoms with Crippen molar-refractivity contribution < 1.29 is 27.8 Å². The lowest BCUT2D eigenvalue weighted by Crippen LogP contribution is -2.45. The van der Waals surface area contributed by atoms with Crippen molar-refractivity contribution in [3.05, 3.63) is 18.2 Å². The van der Waals surface area contributed by atoms with Crippen molar-refractivity contribution in [2.24, 2.45) is 11.3 Å². The summed E-state index contributed by atoms with van der Waals surface area (Å²) in [4.78, 5) is 26.5. The second-order valence-corrected chi connectivity index (χ2v) is 7.63. The second kappa shape index (κ2) is 6.41. The van der Waals surface area contributed by atoms with E-state index in [1.54, 1.807) is 4.90 Å². The van der Waals surface area contributed by atoms with Crippen LogP contribution in [0.5, 0.6) is 11.5 Å². The van der Waals surface area contributed by atoms with Crippen molar-refractivity contribution in [1.29, 1.82) is 0 Å². The minimum absolute atomic E-state index is 0.0676. The van der Waals surface area contributed by atoms with E-state index in [-0.39, 0.29) is 29.2 Å². The summed E-state index contributed by atoms with van der Waals surface area (Å²) in [5.41, 5.74) is -0.0767. The first-order valence-electron chi connectivity index (χ1n) is 8.55. The molecule has 0 radical (unpaired) electrons. The van der Waals surface area contributed by atoms with Gasteiger partial charge in [0, 0.05) is 36.2 Å². The molecular weight excluding hydrogens is 346 g/mol. The van der Waals surface area contributed by atoms with Gasteiger partial charge in [0.25, 0.3) is 0 Å². The van der Waals surface area contributed by atoms with E-state index in [0.717, 1.165) is 0 Å². The number of anilines is 1. The highest BCUT2D eigenvalue weighted by Gasteiger charge is 2.43. The molecule has 1 fully saturated rings. The van der Waals surface area contributed by atoms with E-state index in [1.807, 2.05) is 20.8 Å². The summed E-state index contributed by atoms with van der Waals surface area (Å²) in [6.07, 6.45) is -2.55. The van der Waals surface area contributed by atoms with E-state index in [4.69, 9.17) is 0 Å². The molecule has 0 atom stereocenters. The molecule has 0 aromatic heterocycles. The Kier molecular flexibility index (Phi) is 4.54. The molecular formula is C18H22F2N2O4. The van der Waals surface area contributed by atoms with Gasteiger partial charge in [0.2, 0.25) is 11.8 Å². The number of nitrogens with one attached hydrogen (secondary N) is 1. The number of benzene rings is 1. The molecule has 0 bridgehead atoms. The van der Waals surface area contributed by atoms with Gasteiger partial charge in [-0.2, -0.15) is 0 Å². The number of likely N-dealkylation sites (tertiary alicyclic amines) is 1. The number of alkyl halides is 2. The molecule has 1 saturated heterocycles. The maximum absolute atomic E-state index is 13.0. The number of rotatable bonds is 2. The number of halogens is 2. The van der Waals surface area contributed by atoms with Crippen molar-refractivity contribution in [2.45, 2.75) is 39.9 Å². The molecule has 0 unspecified atom stereocenters. The Hall–Kier alpha value is -2.38. The van der Waals surface area contributed by atoms with Gasteiger partial charge < -0.3 is 19.7 Å². The van der Waals surface area contributed by atoms with Gasteiger partial charge in [-0.05, 0) is 25.0 Å².